The second-order valence-electron chi connectivity index (χ2n) is 3.75. The van der Waals surface area contributed by atoms with Gasteiger partial charge in [0, 0.05) is 13.7 Å². The topological polar surface area (TPSA) is 84.6 Å². The second kappa shape index (κ2) is 6.88. The van der Waals surface area contributed by atoms with Crippen LogP contribution in [0.25, 0.3) is 0 Å². The molecule has 0 spiro atoms. The van der Waals surface area contributed by atoms with Crippen molar-refractivity contribution in [2.75, 3.05) is 19.0 Å². The summed E-state index contributed by atoms with van der Waals surface area (Å²) in [4.78, 5) is 11.7. The van der Waals surface area contributed by atoms with Gasteiger partial charge in [0.2, 0.25) is 5.91 Å². The first-order valence-electron chi connectivity index (χ1n) is 5.48. The van der Waals surface area contributed by atoms with Gasteiger partial charge in [-0.15, -0.1) is 0 Å². The lowest BCUT2D eigenvalue weighted by atomic mass is 10.1. The first-order chi connectivity index (χ1) is 8.15. The van der Waals surface area contributed by atoms with Gasteiger partial charge < -0.3 is 20.9 Å². The number of rotatable bonds is 6. The van der Waals surface area contributed by atoms with Crippen molar-refractivity contribution in [2.45, 2.75) is 18.9 Å². The molecule has 0 aliphatic carbocycles. The molecule has 1 aromatic carbocycles. The third-order valence-electron chi connectivity index (χ3n) is 2.36. The highest BCUT2D eigenvalue weighted by molar-refractivity contribution is 5.95. The maximum absolute atomic E-state index is 11.7. The summed E-state index contributed by atoms with van der Waals surface area (Å²) < 4.78 is 4.88. The minimum Gasteiger partial charge on any atom is -0.506 e. The van der Waals surface area contributed by atoms with Crippen LogP contribution in [-0.4, -0.2) is 30.8 Å². The predicted octanol–water partition coefficient (Wildman–Crippen LogP) is 1.08. The Bertz CT molecular complexity index is 369. The largest absolute Gasteiger partial charge is 0.506 e. The number of methoxy groups -OCH3 is 1. The van der Waals surface area contributed by atoms with E-state index >= 15 is 0 Å². The molecule has 0 bridgehead atoms. The Morgan fingerprint density at radius 3 is 2.88 bits per heavy atom. The number of hydrogen-bond donors (Lipinski definition) is 3. The molecule has 1 rings (SSSR count). The zero-order valence-corrected chi connectivity index (χ0v) is 9.85. The quantitative estimate of drug-likeness (QED) is 0.511. The number of phenolic OH excluding ortho intramolecular Hbond substituents is 1. The van der Waals surface area contributed by atoms with Crippen molar-refractivity contribution in [2.24, 2.45) is 5.73 Å². The molecule has 1 atom stereocenters. The number of benzene rings is 1. The number of ether oxygens (including phenoxy) is 1. The van der Waals surface area contributed by atoms with Gasteiger partial charge in [-0.1, -0.05) is 12.1 Å². The highest BCUT2D eigenvalue weighted by Gasteiger charge is 2.14. The minimum absolute atomic E-state index is 0.0324. The number of aromatic hydroxyl groups is 1. The van der Waals surface area contributed by atoms with Crippen LogP contribution in [0, 0.1) is 0 Å². The van der Waals surface area contributed by atoms with E-state index in [0.717, 1.165) is 6.42 Å². The van der Waals surface area contributed by atoms with Crippen molar-refractivity contribution in [3.63, 3.8) is 0 Å². The highest BCUT2D eigenvalue weighted by atomic mass is 16.5. The monoisotopic (exact) mass is 238 g/mol. The fourth-order valence-electron chi connectivity index (χ4n) is 1.38. The molecular weight excluding hydrogens is 220 g/mol. The lowest BCUT2D eigenvalue weighted by molar-refractivity contribution is -0.117. The highest BCUT2D eigenvalue weighted by Crippen LogP contribution is 2.21. The molecule has 0 aromatic heterocycles. The van der Waals surface area contributed by atoms with Crippen molar-refractivity contribution in [1.29, 1.82) is 0 Å². The Kier molecular flexibility index (Phi) is 5.45. The van der Waals surface area contributed by atoms with E-state index in [1.807, 2.05) is 0 Å². The van der Waals surface area contributed by atoms with Crippen LogP contribution in [0.1, 0.15) is 12.8 Å². The molecule has 94 valence electrons. The van der Waals surface area contributed by atoms with Crippen LogP contribution in [0.4, 0.5) is 5.69 Å². The summed E-state index contributed by atoms with van der Waals surface area (Å²) in [6, 6.07) is 5.95. The van der Waals surface area contributed by atoms with Crippen molar-refractivity contribution in [3.05, 3.63) is 24.3 Å². The van der Waals surface area contributed by atoms with Gasteiger partial charge in [-0.2, -0.15) is 0 Å². The van der Waals surface area contributed by atoms with Gasteiger partial charge in [0.25, 0.3) is 0 Å². The number of carbonyl (C=O) groups is 1. The van der Waals surface area contributed by atoms with E-state index in [-0.39, 0.29) is 11.7 Å². The summed E-state index contributed by atoms with van der Waals surface area (Å²) in [5, 5.41) is 12.1. The number of phenols is 1. The van der Waals surface area contributed by atoms with Crippen molar-refractivity contribution < 1.29 is 14.6 Å². The van der Waals surface area contributed by atoms with Crippen molar-refractivity contribution in [1.82, 2.24) is 0 Å². The number of carbonyl (C=O) groups excluding carboxylic acids is 1. The molecule has 0 fully saturated rings. The lowest BCUT2D eigenvalue weighted by Crippen LogP contribution is -2.35. The van der Waals surface area contributed by atoms with Gasteiger partial charge in [0.05, 0.1) is 11.7 Å². The Morgan fingerprint density at radius 2 is 2.24 bits per heavy atom. The molecule has 0 aliphatic heterocycles. The smallest absolute Gasteiger partial charge is 0.241 e. The average molecular weight is 238 g/mol. The van der Waals surface area contributed by atoms with E-state index in [1.165, 1.54) is 6.07 Å². The van der Waals surface area contributed by atoms with Gasteiger partial charge in [-0.25, -0.2) is 0 Å². The van der Waals surface area contributed by atoms with Crippen LogP contribution >= 0.6 is 0 Å². The fourth-order valence-corrected chi connectivity index (χ4v) is 1.38. The normalized spacial score (nSPS) is 12.1. The molecule has 0 radical (unpaired) electrons. The average Bonchev–Trinajstić information content (AvgIpc) is 2.32. The summed E-state index contributed by atoms with van der Waals surface area (Å²) in [5.74, 6) is -0.271. The van der Waals surface area contributed by atoms with Crippen LogP contribution < -0.4 is 11.1 Å². The lowest BCUT2D eigenvalue weighted by Gasteiger charge is -2.12. The zero-order valence-electron chi connectivity index (χ0n) is 9.85. The predicted molar refractivity (Wildman–Crippen MR) is 65.8 cm³/mol. The molecule has 5 nitrogen and oxygen atoms in total. The minimum atomic E-state index is -0.593. The Hall–Kier alpha value is -1.59. The molecule has 17 heavy (non-hydrogen) atoms. The number of nitrogens with one attached hydrogen (secondary N) is 1. The zero-order chi connectivity index (χ0) is 12.7. The maximum Gasteiger partial charge on any atom is 0.241 e. The first kappa shape index (κ1) is 13.5. The molecule has 0 saturated carbocycles. The van der Waals surface area contributed by atoms with Crippen LogP contribution in [0.2, 0.25) is 0 Å². The molecule has 4 N–H and O–H groups in total. The van der Waals surface area contributed by atoms with Crippen molar-refractivity contribution >= 4 is 11.6 Å². The summed E-state index contributed by atoms with van der Waals surface area (Å²) >= 11 is 0. The van der Waals surface area contributed by atoms with Gasteiger partial charge in [0.15, 0.2) is 0 Å². The standard InChI is InChI=1S/C12H18N2O3/c1-17-8-4-5-9(13)12(16)14-10-6-2-3-7-11(10)15/h2-3,6-7,9,15H,4-5,8,13H2,1H3,(H,14,16). The number of anilines is 1. The number of nitrogens with two attached hydrogens (primary N) is 1. The van der Waals surface area contributed by atoms with Crippen LogP contribution in [0.15, 0.2) is 24.3 Å². The molecule has 1 unspecified atom stereocenters. The van der Waals surface area contributed by atoms with Gasteiger partial charge in [-0.3, -0.25) is 4.79 Å². The molecule has 0 aliphatic rings. The Labute approximate surface area is 101 Å². The molecule has 1 aromatic rings. The van der Waals surface area contributed by atoms with E-state index < -0.39 is 6.04 Å². The number of amides is 1. The second-order valence-corrected chi connectivity index (χ2v) is 3.75. The van der Waals surface area contributed by atoms with E-state index in [2.05, 4.69) is 5.32 Å². The number of hydrogen-bond acceptors (Lipinski definition) is 4. The van der Waals surface area contributed by atoms with E-state index in [0.29, 0.717) is 18.7 Å². The van der Waals surface area contributed by atoms with Crippen LogP contribution in [0.5, 0.6) is 5.75 Å². The molecule has 5 heteroatoms. The van der Waals surface area contributed by atoms with E-state index in [4.69, 9.17) is 10.5 Å². The summed E-state index contributed by atoms with van der Waals surface area (Å²) in [7, 11) is 1.60. The molecule has 0 heterocycles. The SMILES string of the molecule is COCCCC(N)C(=O)Nc1ccccc1O. The van der Waals surface area contributed by atoms with E-state index in [1.54, 1.807) is 25.3 Å². The van der Waals surface area contributed by atoms with Gasteiger partial charge in [0.1, 0.15) is 5.75 Å². The third kappa shape index (κ3) is 4.42. The fraction of sp³-hybridized carbons (Fsp3) is 0.417. The third-order valence-corrected chi connectivity index (χ3v) is 2.36. The van der Waals surface area contributed by atoms with Crippen LogP contribution in [-0.2, 0) is 9.53 Å². The molecular formula is C12H18N2O3. The number of para-hydroxylation sites is 2. The van der Waals surface area contributed by atoms with Gasteiger partial charge in [-0.05, 0) is 25.0 Å². The van der Waals surface area contributed by atoms with Crippen LogP contribution in [0.3, 0.4) is 0 Å². The van der Waals surface area contributed by atoms with Crippen molar-refractivity contribution in [3.8, 4) is 5.75 Å². The van der Waals surface area contributed by atoms with Gasteiger partial charge >= 0.3 is 0 Å². The maximum atomic E-state index is 11.7. The van der Waals surface area contributed by atoms with E-state index in [9.17, 15) is 9.90 Å². The Balaban J connectivity index is 2.46. The summed E-state index contributed by atoms with van der Waals surface area (Å²) in [6.45, 7) is 0.581. The first-order valence-corrected chi connectivity index (χ1v) is 5.48. The molecule has 1 amide bonds. The Morgan fingerprint density at radius 1 is 1.53 bits per heavy atom. The molecule has 0 saturated heterocycles. The summed E-state index contributed by atoms with van der Waals surface area (Å²) in [6.07, 6.45) is 1.28. The summed E-state index contributed by atoms with van der Waals surface area (Å²) in [5.41, 5.74) is 6.08.